The van der Waals surface area contributed by atoms with E-state index < -0.39 is 0 Å². The van der Waals surface area contributed by atoms with Crippen molar-refractivity contribution in [3.8, 4) is 0 Å². The number of aromatic nitrogens is 3. The highest BCUT2D eigenvalue weighted by molar-refractivity contribution is 8.00. The minimum absolute atomic E-state index is 0.118. The monoisotopic (exact) mass is 463 g/mol. The summed E-state index contributed by atoms with van der Waals surface area (Å²) < 4.78 is 2.18. The zero-order valence-electron chi connectivity index (χ0n) is 20.1. The Hall–Kier alpha value is -2.64. The van der Waals surface area contributed by atoms with Gasteiger partial charge in [-0.3, -0.25) is 9.69 Å². The van der Waals surface area contributed by atoms with E-state index in [4.69, 9.17) is 0 Å². The Kier molecular flexibility index (Phi) is 7.20. The summed E-state index contributed by atoms with van der Waals surface area (Å²) in [6.45, 7) is 6.94. The van der Waals surface area contributed by atoms with Crippen molar-refractivity contribution in [3.63, 3.8) is 0 Å². The Labute approximate surface area is 201 Å². The second kappa shape index (κ2) is 10.1. The van der Waals surface area contributed by atoms with Crippen LogP contribution < -0.4 is 4.90 Å². The van der Waals surface area contributed by atoms with Crippen LogP contribution in [-0.4, -0.2) is 51.0 Å². The molecular formula is C26H33N5OS. The number of nitrogens with zero attached hydrogens (tertiary/aromatic N) is 5. The van der Waals surface area contributed by atoms with E-state index in [1.54, 1.807) is 0 Å². The highest BCUT2D eigenvalue weighted by atomic mass is 32.2. The molecule has 33 heavy (non-hydrogen) atoms. The lowest BCUT2D eigenvalue weighted by Gasteiger charge is -2.26. The SMILES string of the molecule is CCC(c1nnc(SC(C)C(=O)N2c3ccccc3CC2C)n1Cc1ccccc1)N(C)C. The maximum absolute atomic E-state index is 13.5. The Morgan fingerprint density at radius 1 is 1.12 bits per heavy atom. The number of amides is 1. The van der Waals surface area contributed by atoms with Crippen LogP contribution in [0.1, 0.15) is 50.2 Å². The molecule has 2 heterocycles. The number of hydrogen-bond acceptors (Lipinski definition) is 5. The number of hydrogen-bond donors (Lipinski definition) is 0. The summed E-state index contributed by atoms with van der Waals surface area (Å²) >= 11 is 1.50. The van der Waals surface area contributed by atoms with Gasteiger partial charge in [0.15, 0.2) is 11.0 Å². The lowest BCUT2D eigenvalue weighted by Crippen LogP contribution is -2.40. The van der Waals surface area contributed by atoms with Crippen molar-refractivity contribution in [2.75, 3.05) is 19.0 Å². The van der Waals surface area contributed by atoms with Gasteiger partial charge in [-0.2, -0.15) is 0 Å². The van der Waals surface area contributed by atoms with Crippen LogP contribution in [0.3, 0.4) is 0 Å². The summed E-state index contributed by atoms with van der Waals surface area (Å²) in [6.07, 6.45) is 1.83. The highest BCUT2D eigenvalue weighted by Crippen LogP contribution is 2.35. The molecule has 3 atom stereocenters. The highest BCUT2D eigenvalue weighted by Gasteiger charge is 2.34. The molecule has 7 heteroatoms. The van der Waals surface area contributed by atoms with Gasteiger partial charge in [-0.05, 0) is 58.0 Å². The molecule has 1 amide bonds. The maximum Gasteiger partial charge on any atom is 0.240 e. The average Bonchev–Trinajstić information content (AvgIpc) is 3.34. The molecule has 0 spiro atoms. The number of carbonyl (C=O) groups excluding carboxylic acids is 1. The smallest absolute Gasteiger partial charge is 0.240 e. The number of rotatable bonds is 8. The third kappa shape index (κ3) is 4.84. The van der Waals surface area contributed by atoms with Crippen LogP contribution in [-0.2, 0) is 17.8 Å². The Bertz CT molecular complexity index is 1100. The summed E-state index contributed by atoms with van der Waals surface area (Å²) in [5.41, 5.74) is 3.46. The third-order valence-corrected chi connectivity index (χ3v) is 7.38. The second-order valence-electron chi connectivity index (χ2n) is 8.95. The summed E-state index contributed by atoms with van der Waals surface area (Å²) in [7, 11) is 4.14. The van der Waals surface area contributed by atoms with E-state index in [0.29, 0.717) is 6.54 Å². The van der Waals surface area contributed by atoms with Crippen molar-refractivity contribution in [2.45, 2.75) is 62.6 Å². The molecule has 174 valence electrons. The molecule has 0 N–H and O–H groups in total. The topological polar surface area (TPSA) is 54.3 Å². The van der Waals surface area contributed by atoms with Gasteiger partial charge in [-0.25, -0.2) is 0 Å². The predicted molar refractivity (Wildman–Crippen MR) is 135 cm³/mol. The van der Waals surface area contributed by atoms with E-state index in [-0.39, 0.29) is 23.2 Å². The second-order valence-corrected chi connectivity index (χ2v) is 10.3. The molecule has 2 aromatic carbocycles. The third-order valence-electron chi connectivity index (χ3n) is 6.31. The number of thioether (sulfide) groups is 1. The molecule has 3 unspecified atom stereocenters. The van der Waals surface area contributed by atoms with Crippen LogP contribution in [0.25, 0.3) is 0 Å². The van der Waals surface area contributed by atoms with Gasteiger partial charge in [0.2, 0.25) is 5.91 Å². The maximum atomic E-state index is 13.5. The first-order valence-electron chi connectivity index (χ1n) is 11.6. The van der Waals surface area contributed by atoms with Crippen molar-refractivity contribution in [1.82, 2.24) is 19.7 Å². The fourth-order valence-corrected chi connectivity index (χ4v) is 5.54. The molecule has 1 aliphatic rings. The molecule has 0 saturated heterocycles. The fraction of sp³-hybridized carbons (Fsp3) is 0.423. The molecule has 1 aliphatic heterocycles. The number of fused-ring (bicyclic) bond motifs is 1. The van der Waals surface area contributed by atoms with Gasteiger partial charge in [0.1, 0.15) is 0 Å². The zero-order chi connectivity index (χ0) is 23.5. The van der Waals surface area contributed by atoms with Gasteiger partial charge >= 0.3 is 0 Å². The first kappa shape index (κ1) is 23.5. The number of anilines is 1. The Morgan fingerprint density at radius 3 is 2.52 bits per heavy atom. The zero-order valence-corrected chi connectivity index (χ0v) is 20.9. The minimum Gasteiger partial charge on any atom is -0.308 e. The van der Waals surface area contributed by atoms with Gasteiger partial charge in [0.25, 0.3) is 0 Å². The van der Waals surface area contributed by atoms with Crippen LogP contribution in [0.15, 0.2) is 59.8 Å². The molecule has 0 fully saturated rings. The molecule has 6 nitrogen and oxygen atoms in total. The summed E-state index contributed by atoms with van der Waals surface area (Å²) in [5.74, 6) is 1.06. The molecule has 4 rings (SSSR count). The van der Waals surface area contributed by atoms with E-state index >= 15 is 0 Å². The van der Waals surface area contributed by atoms with Crippen molar-refractivity contribution in [1.29, 1.82) is 0 Å². The minimum atomic E-state index is -0.274. The van der Waals surface area contributed by atoms with E-state index in [2.05, 4.69) is 65.8 Å². The summed E-state index contributed by atoms with van der Waals surface area (Å²) in [6, 6.07) is 18.9. The fourth-order valence-electron chi connectivity index (χ4n) is 4.63. The Balaban J connectivity index is 1.62. The van der Waals surface area contributed by atoms with E-state index in [1.165, 1.54) is 22.9 Å². The van der Waals surface area contributed by atoms with E-state index in [9.17, 15) is 4.79 Å². The van der Waals surface area contributed by atoms with Gasteiger partial charge in [0, 0.05) is 11.7 Å². The van der Waals surface area contributed by atoms with Crippen molar-refractivity contribution < 1.29 is 4.79 Å². The molecule has 0 aliphatic carbocycles. The van der Waals surface area contributed by atoms with Crippen molar-refractivity contribution >= 4 is 23.4 Å². The molecule has 3 aromatic rings. The Morgan fingerprint density at radius 2 is 1.82 bits per heavy atom. The average molecular weight is 464 g/mol. The van der Waals surface area contributed by atoms with Crippen molar-refractivity contribution in [3.05, 3.63) is 71.5 Å². The molecule has 0 saturated carbocycles. The molecule has 0 radical (unpaired) electrons. The van der Waals surface area contributed by atoms with Gasteiger partial charge in [0.05, 0.1) is 17.8 Å². The number of para-hydroxylation sites is 1. The van der Waals surface area contributed by atoms with E-state index in [1.807, 2.05) is 48.2 Å². The van der Waals surface area contributed by atoms with Crippen LogP contribution in [0, 0.1) is 0 Å². The normalized spacial score (nSPS) is 17.3. The van der Waals surface area contributed by atoms with Crippen LogP contribution in [0.5, 0.6) is 0 Å². The van der Waals surface area contributed by atoms with Crippen LogP contribution in [0.4, 0.5) is 5.69 Å². The summed E-state index contributed by atoms with van der Waals surface area (Å²) in [4.78, 5) is 17.7. The standard InChI is InChI=1S/C26H33N5OS/c1-6-22(29(4)5)24-27-28-26(30(24)17-20-12-8-7-9-13-20)33-19(3)25(32)31-18(2)16-21-14-10-11-15-23(21)31/h7-15,18-19,22H,6,16-17H2,1-5H3. The first-order valence-corrected chi connectivity index (χ1v) is 12.5. The lowest BCUT2D eigenvalue weighted by molar-refractivity contribution is -0.118. The van der Waals surface area contributed by atoms with Crippen LogP contribution in [0.2, 0.25) is 0 Å². The number of carbonyl (C=O) groups is 1. The first-order chi connectivity index (χ1) is 15.9. The van der Waals surface area contributed by atoms with Crippen molar-refractivity contribution in [2.24, 2.45) is 0 Å². The van der Waals surface area contributed by atoms with Gasteiger partial charge in [-0.1, -0.05) is 67.2 Å². The summed E-state index contributed by atoms with van der Waals surface area (Å²) in [5, 5.41) is 9.66. The largest absolute Gasteiger partial charge is 0.308 e. The predicted octanol–water partition coefficient (Wildman–Crippen LogP) is 4.80. The van der Waals surface area contributed by atoms with Crippen LogP contribution >= 0.6 is 11.8 Å². The van der Waals surface area contributed by atoms with Gasteiger partial charge < -0.3 is 9.47 Å². The van der Waals surface area contributed by atoms with Gasteiger partial charge in [-0.15, -0.1) is 10.2 Å². The number of benzene rings is 2. The molecular weight excluding hydrogens is 430 g/mol. The quantitative estimate of drug-likeness (QED) is 0.449. The lowest BCUT2D eigenvalue weighted by atomic mass is 10.1. The molecule has 0 bridgehead atoms. The van der Waals surface area contributed by atoms with E-state index in [0.717, 1.165) is 29.5 Å². The molecule has 1 aromatic heterocycles.